The number of anilines is 1. The van der Waals surface area contributed by atoms with Crippen LogP contribution in [0.15, 0.2) is 12.4 Å². The summed E-state index contributed by atoms with van der Waals surface area (Å²) in [6.45, 7) is 0.651. The van der Waals surface area contributed by atoms with Crippen molar-refractivity contribution in [1.82, 2.24) is 14.8 Å². The van der Waals surface area contributed by atoms with Gasteiger partial charge in [-0.05, 0) is 19.3 Å². The minimum Gasteiger partial charge on any atom is -0.481 e. The SMILES string of the molecule is Cn1cc(CNc2nc3c(s2)CCCC3C(=O)O)cn1. The first-order chi connectivity index (χ1) is 9.63. The summed E-state index contributed by atoms with van der Waals surface area (Å²) in [6, 6.07) is 0. The molecule has 106 valence electrons. The van der Waals surface area contributed by atoms with Crippen LogP contribution in [0.25, 0.3) is 0 Å². The van der Waals surface area contributed by atoms with E-state index in [9.17, 15) is 9.90 Å². The average Bonchev–Trinajstić information content (AvgIpc) is 3.01. The number of carboxylic acid groups (broad SMARTS) is 1. The number of rotatable bonds is 4. The predicted molar refractivity (Wildman–Crippen MR) is 76.0 cm³/mol. The Morgan fingerprint density at radius 2 is 2.50 bits per heavy atom. The molecule has 20 heavy (non-hydrogen) atoms. The molecule has 0 spiro atoms. The number of nitrogens with zero attached hydrogens (tertiary/aromatic N) is 3. The molecule has 1 atom stereocenters. The van der Waals surface area contributed by atoms with Gasteiger partial charge in [0, 0.05) is 30.2 Å². The Kier molecular flexibility index (Phi) is 3.43. The van der Waals surface area contributed by atoms with Gasteiger partial charge < -0.3 is 10.4 Å². The first-order valence-electron chi connectivity index (χ1n) is 6.57. The van der Waals surface area contributed by atoms with Gasteiger partial charge in [-0.25, -0.2) is 4.98 Å². The van der Waals surface area contributed by atoms with E-state index in [1.807, 2.05) is 13.2 Å². The minimum absolute atomic E-state index is 0.441. The van der Waals surface area contributed by atoms with E-state index in [4.69, 9.17) is 0 Å². The molecule has 0 saturated carbocycles. The average molecular weight is 292 g/mol. The van der Waals surface area contributed by atoms with Crippen LogP contribution >= 0.6 is 11.3 Å². The summed E-state index contributed by atoms with van der Waals surface area (Å²) in [4.78, 5) is 16.8. The maximum Gasteiger partial charge on any atom is 0.312 e. The number of nitrogens with one attached hydrogen (secondary N) is 1. The van der Waals surface area contributed by atoms with Gasteiger partial charge in [-0.3, -0.25) is 9.48 Å². The van der Waals surface area contributed by atoms with E-state index in [-0.39, 0.29) is 0 Å². The van der Waals surface area contributed by atoms with Gasteiger partial charge in [0.1, 0.15) is 5.92 Å². The number of hydrogen-bond acceptors (Lipinski definition) is 5. The minimum atomic E-state index is -0.768. The summed E-state index contributed by atoms with van der Waals surface area (Å²) in [6.07, 6.45) is 6.30. The highest BCUT2D eigenvalue weighted by Gasteiger charge is 2.29. The van der Waals surface area contributed by atoms with Gasteiger partial charge in [0.25, 0.3) is 0 Å². The third-order valence-corrected chi connectivity index (χ3v) is 4.54. The van der Waals surface area contributed by atoms with Gasteiger partial charge in [0.15, 0.2) is 5.13 Å². The maximum atomic E-state index is 11.2. The highest BCUT2D eigenvalue weighted by atomic mass is 32.1. The fraction of sp³-hybridized carbons (Fsp3) is 0.462. The summed E-state index contributed by atoms with van der Waals surface area (Å²) in [5.74, 6) is -1.21. The molecule has 0 radical (unpaired) electrons. The van der Waals surface area contributed by atoms with Crippen LogP contribution < -0.4 is 5.32 Å². The lowest BCUT2D eigenvalue weighted by Crippen LogP contribution is -2.17. The smallest absolute Gasteiger partial charge is 0.312 e. The maximum absolute atomic E-state index is 11.2. The third kappa shape index (κ3) is 2.53. The molecule has 7 heteroatoms. The molecular formula is C13H16N4O2S. The third-order valence-electron chi connectivity index (χ3n) is 3.45. The summed E-state index contributed by atoms with van der Waals surface area (Å²) < 4.78 is 1.75. The second kappa shape index (κ2) is 5.24. The molecular weight excluding hydrogens is 276 g/mol. The Balaban J connectivity index is 1.74. The van der Waals surface area contributed by atoms with Crippen LogP contribution in [0, 0.1) is 0 Å². The molecule has 0 saturated heterocycles. The number of fused-ring (bicyclic) bond motifs is 1. The van der Waals surface area contributed by atoms with Crippen molar-refractivity contribution in [3.8, 4) is 0 Å². The Morgan fingerprint density at radius 1 is 1.65 bits per heavy atom. The van der Waals surface area contributed by atoms with Crippen LogP contribution in [0.5, 0.6) is 0 Å². The van der Waals surface area contributed by atoms with Gasteiger partial charge in [0.05, 0.1) is 11.9 Å². The van der Waals surface area contributed by atoms with Crippen molar-refractivity contribution in [3.05, 3.63) is 28.5 Å². The van der Waals surface area contributed by atoms with Gasteiger partial charge in [-0.1, -0.05) is 0 Å². The monoisotopic (exact) mass is 292 g/mol. The van der Waals surface area contributed by atoms with Crippen molar-refractivity contribution in [2.75, 3.05) is 5.32 Å². The Bertz CT molecular complexity index is 634. The number of aromatic nitrogens is 3. The van der Waals surface area contributed by atoms with E-state index in [1.165, 1.54) is 0 Å². The molecule has 2 aromatic rings. The molecule has 1 aliphatic carbocycles. The number of aryl methyl sites for hydroxylation is 2. The van der Waals surface area contributed by atoms with Crippen molar-refractivity contribution >= 4 is 22.4 Å². The van der Waals surface area contributed by atoms with Gasteiger partial charge in [-0.15, -0.1) is 11.3 Å². The van der Waals surface area contributed by atoms with E-state index < -0.39 is 11.9 Å². The van der Waals surface area contributed by atoms with Crippen LogP contribution in [0.2, 0.25) is 0 Å². The number of thiazole rings is 1. The number of carboxylic acids is 1. The molecule has 1 unspecified atom stereocenters. The molecule has 0 amide bonds. The Hall–Kier alpha value is -1.89. The number of aliphatic carboxylic acids is 1. The fourth-order valence-corrected chi connectivity index (χ4v) is 3.54. The highest BCUT2D eigenvalue weighted by Crippen LogP contribution is 2.36. The van der Waals surface area contributed by atoms with Crippen LogP contribution in [-0.4, -0.2) is 25.8 Å². The standard InChI is InChI=1S/C13H16N4O2S/c1-17-7-8(6-15-17)5-14-13-16-11-9(12(18)19)3-2-4-10(11)20-13/h6-7,9H,2-5H2,1H3,(H,14,16)(H,18,19). The van der Waals surface area contributed by atoms with Gasteiger partial charge in [0.2, 0.25) is 0 Å². The fourth-order valence-electron chi connectivity index (χ4n) is 2.48. The number of hydrogen-bond donors (Lipinski definition) is 2. The largest absolute Gasteiger partial charge is 0.481 e. The summed E-state index contributed by atoms with van der Waals surface area (Å²) in [5.41, 5.74) is 1.83. The molecule has 1 aliphatic rings. The van der Waals surface area contributed by atoms with Crippen LogP contribution in [0.4, 0.5) is 5.13 Å². The van der Waals surface area contributed by atoms with Crippen molar-refractivity contribution < 1.29 is 9.90 Å². The first kappa shape index (κ1) is 13.1. The lowest BCUT2D eigenvalue weighted by Gasteiger charge is -2.16. The van der Waals surface area contributed by atoms with E-state index in [1.54, 1.807) is 22.2 Å². The first-order valence-corrected chi connectivity index (χ1v) is 7.39. The normalized spacial score (nSPS) is 17.8. The van der Waals surface area contributed by atoms with E-state index in [0.29, 0.717) is 13.0 Å². The quantitative estimate of drug-likeness (QED) is 0.901. The van der Waals surface area contributed by atoms with Crippen LogP contribution in [-0.2, 0) is 24.8 Å². The Morgan fingerprint density at radius 3 is 3.20 bits per heavy atom. The summed E-state index contributed by atoms with van der Waals surface area (Å²) >= 11 is 1.57. The molecule has 2 heterocycles. The van der Waals surface area contributed by atoms with Gasteiger partial charge in [-0.2, -0.15) is 5.10 Å². The van der Waals surface area contributed by atoms with Crippen molar-refractivity contribution in [1.29, 1.82) is 0 Å². The molecule has 0 fully saturated rings. The van der Waals surface area contributed by atoms with Crippen molar-refractivity contribution in [3.63, 3.8) is 0 Å². The van der Waals surface area contributed by atoms with E-state index in [2.05, 4.69) is 15.4 Å². The zero-order valence-corrected chi connectivity index (χ0v) is 12.0. The van der Waals surface area contributed by atoms with E-state index >= 15 is 0 Å². The van der Waals surface area contributed by atoms with E-state index in [0.717, 1.165) is 34.1 Å². The van der Waals surface area contributed by atoms with Crippen LogP contribution in [0.1, 0.15) is 34.9 Å². The predicted octanol–water partition coefficient (Wildman–Crippen LogP) is 1.99. The van der Waals surface area contributed by atoms with Crippen LogP contribution in [0.3, 0.4) is 0 Å². The topological polar surface area (TPSA) is 80.0 Å². The molecule has 0 bridgehead atoms. The lowest BCUT2D eigenvalue weighted by molar-refractivity contribution is -0.139. The summed E-state index contributed by atoms with van der Waals surface area (Å²) in [7, 11) is 1.88. The zero-order valence-electron chi connectivity index (χ0n) is 11.2. The highest BCUT2D eigenvalue weighted by molar-refractivity contribution is 7.15. The Labute approximate surface area is 120 Å². The molecule has 2 N–H and O–H groups in total. The lowest BCUT2D eigenvalue weighted by atomic mass is 9.91. The second-order valence-electron chi connectivity index (χ2n) is 4.99. The molecule has 0 aliphatic heterocycles. The molecule has 2 aromatic heterocycles. The zero-order chi connectivity index (χ0) is 14.1. The summed E-state index contributed by atoms with van der Waals surface area (Å²) in [5, 5.41) is 17.4. The molecule has 6 nitrogen and oxygen atoms in total. The number of carbonyl (C=O) groups is 1. The van der Waals surface area contributed by atoms with Crippen molar-refractivity contribution in [2.24, 2.45) is 7.05 Å². The molecule has 3 rings (SSSR count). The molecule has 0 aromatic carbocycles. The van der Waals surface area contributed by atoms with Crippen molar-refractivity contribution in [2.45, 2.75) is 31.7 Å². The van der Waals surface area contributed by atoms with Gasteiger partial charge >= 0.3 is 5.97 Å². The second-order valence-corrected chi connectivity index (χ2v) is 6.07.